The van der Waals surface area contributed by atoms with Gasteiger partial charge in [0.1, 0.15) is 0 Å². The molecule has 1 aliphatic heterocycles. The van der Waals surface area contributed by atoms with Gasteiger partial charge < -0.3 is 15.5 Å². The van der Waals surface area contributed by atoms with Crippen LogP contribution in [0.4, 0.5) is 5.69 Å². The number of halogens is 1. The van der Waals surface area contributed by atoms with Crippen molar-refractivity contribution in [3.8, 4) is 0 Å². The van der Waals surface area contributed by atoms with E-state index >= 15 is 0 Å². The second kappa shape index (κ2) is 8.83. The molecule has 1 heterocycles. The van der Waals surface area contributed by atoms with Crippen LogP contribution in [0.25, 0.3) is 0 Å². The van der Waals surface area contributed by atoms with Gasteiger partial charge in [0, 0.05) is 42.0 Å². The number of carbonyl (C=O) groups excluding carboxylic acids is 2. The summed E-state index contributed by atoms with van der Waals surface area (Å²) >= 11 is 0. The number of benzene rings is 2. The molecule has 3 rings (SSSR count). The Morgan fingerprint density at radius 3 is 2.31 bits per heavy atom. The first-order valence-corrected chi connectivity index (χ1v) is 8.57. The van der Waals surface area contributed by atoms with E-state index < -0.39 is 0 Å². The zero-order valence-corrected chi connectivity index (χ0v) is 15.8. The molecule has 0 radical (unpaired) electrons. The van der Waals surface area contributed by atoms with Crippen molar-refractivity contribution in [2.75, 3.05) is 18.4 Å². The van der Waals surface area contributed by atoms with Gasteiger partial charge in [-0.3, -0.25) is 9.59 Å². The van der Waals surface area contributed by atoms with E-state index in [0.29, 0.717) is 23.4 Å². The maximum Gasteiger partial charge on any atom is 0.255 e. The maximum atomic E-state index is 12.7. The third-order valence-corrected chi connectivity index (χ3v) is 4.72. The van der Waals surface area contributed by atoms with Gasteiger partial charge in [0.15, 0.2) is 0 Å². The average molecular weight is 374 g/mol. The molecule has 0 spiro atoms. The van der Waals surface area contributed by atoms with Crippen LogP contribution in [0.5, 0.6) is 0 Å². The molecule has 2 unspecified atom stereocenters. The van der Waals surface area contributed by atoms with E-state index in [1.54, 1.807) is 36.4 Å². The van der Waals surface area contributed by atoms with E-state index in [4.69, 9.17) is 0 Å². The minimum atomic E-state index is -0.163. The second-order valence-electron chi connectivity index (χ2n) is 6.38. The van der Waals surface area contributed by atoms with Crippen LogP contribution in [0, 0.1) is 0 Å². The van der Waals surface area contributed by atoms with Crippen LogP contribution in [0.15, 0.2) is 54.6 Å². The standard InChI is InChI=1S/C20H23N3O2.ClH/c1-14-15(2)23(13-12-21-14)20(25)17-8-10-18(11-9-17)22-19(24)16-6-4-3-5-7-16;/h3-11,14-15,21H,12-13H2,1-2H3,(H,22,24);1H. The Kier molecular flexibility index (Phi) is 6.77. The van der Waals surface area contributed by atoms with Crippen LogP contribution in [0.3, 0.4) is 0 Å². The summed E-state index contributed by atoms with van der Waals surface area (Å²) in [6, 6.07) is 16.5. The first-order chi connectivity index (χ1) is 12.1. The van der Waals surface area contributed by atoms with Gasteiger partial charge in [-0.05, 0) is 50.2 Å². The number of nitrogens with zero attached hydrogens (tertiary/aromatic N) is 1. The monoisotopic (exact) mass is 373 g/mol. The summed E-state index contributed by atoms with van der Waals surface area (Å²) in [4.78, 5) is 26.8. The van der Waals surface area contributed by atoms with Crippen molar-refractivity contribution in [3.63, 3.8) is 0 Å². The maximum absolute atomic E-state index is 12.7. The number of rotatable bonds is 3. The molecule has 1 saturated heterocycles. The molecule has 138 valence electrons. The van der Waals surface area contributed by atoms with Crippen LogP contribution in [0.2, 0.25) is 0 Å². The van der Waals surface area contributed by atoms with E-state index in [0.717, 1.165) is 6.54 Å². The highest BCUT2D eigenvalue weighted by atomic mass is 35.5. The zero-order valence-electron chi connectivity index (χ0n) is 14.9. The molecule has 1 aliphatic rings. The number of anilines is 1. The third kappa shape index (κ3) is 4.42. The fraction of sp³-hybridized carbons (Fsp3) is 0.300. The molecule has 2 aromatic carbocycles. The molecular weight excluding hydrogens is 350 g/mol. The average Bonchev–Trinajstić information content (AvgIpc) is 2.65. The first-order valence-electron chi connectivity index (χ1n) is 8.57. The Balaban J connectivity index is 0.00000243. The normalized spacial score (nSPS) is 19.4. The molecule has 6 heteroatoms. The van der Waals surface area contributed by atoms with Crippen LogP contribution in [0.1, 0.15) is 34.6 Å². The predicted molar refractivity (Wildman–Crippen MR) is 106 cm³/mol. The lowest BCUT2D eigenvalue weighted by Gasteiger charge is -2.38. The smallest absolute Gasteiger partial charge is 0.255 e. The molecule has 0 saturated carbocycles. The molecular formula is C20H24ClN3O2. The molecule has 1 fully saturated rings. The summed E-state index contributed by atoms with van der Waals surface area (Å²) < 4.78 is 0. The van der Waals surface area contributed by atoms with E-state index in [1.807, 2.05) is 23.1 Å². The van der Waals surface area contributed by atoms with Crippen molar-refractivity contribution < 1.29 is 9.59 Å². The van der Waals surface area contributed by atoms with Gasteiger partial charge in [-0.15, -0.1) is 12.4 Å². The van der Waals surface area contributed by atoms with Crippen LogP contribution >= 0.6 is 12.4 Å². The highest BCUT2D eigenvalue weighted by molar-refractivity contribution is 6.04. The number of nitrogens with one attached hydrogen (secondary N) is 2. The van der Waals surface area contributed by atoms with Crippen molar-refractivity contribution in [1.82, 2.24) is 10.2 Å². The van der Waals surface area contributed by atoms with Crippen molar-refractivity contribution in [1.29, 1.82) is 0 Å². The Bertz CT molecular complexity index is 749. The summed E-state index contributed by atoms with van der Waals surface area (Å²) in [6.45, 7) is 5.66. The molecule has 2 amide bonds. The molecule has 2 N–H and O–H groups in total. The van der Waals surface area contributed by atoms with Crippen molar-refractivity contribution >= 4 is 29.9 Å². The minimum Gasteiger partial charge on any atom is -0.333 e. The highest BCUT2D eigenvalue weighted by Crippen LogP contribution is 2.16. The first kappa shape index (κ1) is 19.9. The molecule has 26 heavy (non-hydrogen) atoms. The molecule has 5 nitrogen and oxygen atoms in total. The van der Waals surface area contributed by atoms with Gasteiger partial charge >= 0.3 is 0 Å². The largest absolute Gasteiger partial charge is 0.333 e. The fourth-order valence-electron chi connectivity index (χ4n) is 3.00. The summed E-state index contributed by atoms with van der Waals surface area (Å²) in [5.41, 5.74) is 1.91. The molecule has 2 atom stereocenters. The van der Waals surface area contributed by atoms with E-state index in [2.05, 4.69) is 24.5 Å². The number of piperazine rings is 1. The lowest BCUT2D eigenvalue weighted by atomic mass is 10.1. The quantitative estimate of drug-likeness (QED) is 0.868. The van der Waals surface area contributed by atoms with Crippen molar-refractivity contribution in [2.24, 2.45) is 0 Å². The number of carbonyl (C=O) groups is 2. The molecule has 0 aromatic heterocycles. The topological polar surface area (TPSA) is 61.4 Å². The lowest BCUT2D eigenvalue weighted by Crippen LogP contribution is -2.57. The number of amides is 2. The van der Waals surface area contributed by atoms with Gasteiger partial charge in [-0.25, -0.2) is 0 Å². The SMILES string of the molecule is CC1NCCN(C(=O)c2ccc(NC(=O)c3ccccc3)cc2)C1C.Cl. The van der Waals surface area contributed by atoms with Crippen molar-refractivity contribution in [3.05, 3.63) is 65.7 Å². The third-order valence-electron chi connectivity index (χ3n) is 4.72. The van der Waals surface area contributed by atoms with Gasteiger partial charge in [0.25, 0.3) is 11.8 Å². The van der Waals surface area contributed by atoms with Gasteiger partial charge in [0.05, 0.1) is 0 Å². The fourth-order valence-corrected chi connectivity index (χ4v) is 3.00. The van der Waals surface area contributed by atoms with Gasteiger partial charge in [-0.2, -0.15) is 0 Å². The van der Waals surface area contributed by atoms with Gasteiger partial charge in [0.2, 0.25) is 0 Å². The highest BCUT2D eigenvalue weighted by Gasteiger charge is 2.28. The van der Waals surface area contributed by atoms with E-state index in [1.165, 1.54) is 0 Å². The van der Waals surface area contributed by atoms with Crippen LogP contribution in [-0.2, 0) is 0 Å². The minimum absolute atomic E-state index is 0. The number of hydrogen-bond donors (Lipinski definition) is 2. The Hall–Kier alpha value is -2.37. The predicted octanol–water partition coefficient (Wildman–Crippen LogP) is 3.18. The Morgan fingerprint density at radius 1 is 1.00 bits per heavy atom. The zero-order chi connectivity index (χ0) is 17.8. The summed E-state index contributed by atoms with van der Waals surface area (Å²) in [5.74, 6) is -0.133. The van der Waals surface area contributed by atoms with Crippen molar-refractivity contribution in [2.45, 2.75) is 25.9 Å². The molecule has 2 aromatic rings. The van der Waals surface area contributed by atoms with Gasteiger partial charge in [-0.1, -0.05) is 18.2 Å². The van der Waals surface area contributed by atoms with Crippen LogP contribution < -0.4 is 10.6 Å². The summed E-state index contributed by atoms with van der Waals surface area (Å²) in [7, 11) is 0. The Morgan fingerprint density at radius 2 is 1.65 bits per heavy atom. The van der Waals surface area contributed by atoms with E-state index in [9.17, 15) is 9.59 Å². The molecule has 0 aliphatic carbocycles. The van der Waals surface area contributed by atoms with E-state index in [-0.39, 0.29) is 36.3 Å². The summed E-state index contributed by atoms with van der Waals surface area (Å²) in [5, 5.41) is 6.22. The summed E-state index contributed by atoms with van der Waals surface area (Å²) in [6.07, 6.45) is 0. The second-order valence-corrected chi connectivity index (χ2v) is 6.38. The number of hydrogen-bond acceptors (Lipinski definition) is 3. The molecule has 0 bridgehead atoms. The lowest BCUT2D eigenvalue weighted by molar-refractivity contribution is 0.0603. The Labute approximate surface area is 160 Å². The van der Waals surface area contributed by atoms with Crippen LogP contribution in [-0.4, -0.2) is 41.9 Å².